The molecular formula is C21H29NO5. The summed E-state index contributed by atoms with van der Waals surface area (Å²) in [6.07, 6.45) is 0.181. The van der Waals surface area contributed by atoms with Gasteiger partial charge in [0.1, 0.15) is 11.5 Å². The van der Waals surface area contributed by atoms with Crippen molar-refractivity contribution in [2.45, 2.75) is 40.0 Å². The Kier molecular flexibility index (Phi) is 6.88. The molecule has 0 aliphatic carbocycles. The van der Waals surface area contributed by atoms with Gasteiger partial charge in [0.15, 0.2) is 0 Å². The zero-order valence-corrected chi connectivity index (χ0v) is 17.0. The SMILES string of the molecule is CCN1C(=O)C[C@H](c2cc(OC)ccc2OC)C(C(=O)OCC(C)C)=C1C. The number of nitrogens with zero attached hydrogens (tertiary/aromatic N) is 1. The molecule has 0 fully saturated rings. The molecule has 0 saturated heterocycles. The number of carbonyl (C=O) groups is 2. The average molecular weight is 375 g/mol. The highest BCUT2D eigenvalue weighted by molar-refractivity contribution is 5.96. The van der Waals surface area contributed by atoms with E-state index in [-0.39, 0.29) is 24.2 Å². The molecule has 1 aliphatic heterocycles. The van der Waals surface area contributed by atoms with Crippen molar-refractivity contribution in [3.63, 3.8) is 0 Å². The first-order chi connectivity index (χ1) is 12.8. The molecule has 1 atom stereocenters. The Morgan fingerprint density at radius 3 is 2.52 bits per heavy atom. The van der Waals surface area contributed by atoms with Crippen molar-refractivity contribution in [3.8, 4) is 11.5 Å². The maximum absolute atomic E-state index is 12.9. The van der Waals surface area contributed by atoms with Crippen LogP contribution in [0.2, 0.25) is 0 Å². The van der Waals surface area contributed by atoms with Gasteiger partial charge < -0.3 is 19.1 Å². The molecule has 0 spiro atoms. The third-order valence-corrected chi connectivity index (χ3v) is 4.72. The number of methoxy groups -OCH3 is 2. The van der Waals surface area contributed by atoms with Gasteiger partial charge in [-0.1, -0.05) is 13.8 Å². The fraction of sp³-hybridized carbons (Fsp3) is 0.524. The van der Waals surface area contributed by atoms with Gasteiger partial charge in [0.05, 0.1) is 26.4 Å². The Labute approximate surface area is 161 Å². The number of ether oxygens (including phenoxy) is 3. The van der Waals surface area contributed by atoms with Crippen LogP contribution in [0.25, 0.3) is 0 Å². The van der Waals surface area contributed by atoms with Crippen molar-refractivity contribution < 1.29 is 23.8 Å². The van der Waals surface area contributed by atoms with Crippen LogP contribution < -0.4 is 9.47 Å². The van der Waals surface area contributed by atoms with Gasteiger partial charge in [0, 0.05) is 30.1 Å². The maximum atomic E-state index is 12.9. The Bertz CT molecular complexity index is 738. The lowest BCUT2D eigenvalue weighted by molar-refractivity contribution is -0.141. The first-order valence-corrected chi connectivity index (χ1v) is 9.24. The zero-order valence-electron chi connectivity index (χ0n) is 17.0. The molecular weight excluding hydrogens is 346 g/mol. The van der Waals surface area contributed by atoms with E-state index in [0.29, 0.717) is 35.9 Å². The normalized spacial score (nSPS) is 17.4. The van der Waals surface area contributed by atoms with Gasteiger partial charge >= 0.3 is 5.97 Å². The molecule has 0 bridgehead atoms. The maximum Gasteiger partial charge on any atom is 0.336 e. The topological polar surface area (TPSA) is 65.1 Å². The fourth-order valence-corrected chi connectivity index (χ4v) is 3.37. The quantitative estimate of drug-likeness (QED) is 0.683. The second-order valence-corrected chi connectivity index (χ2v) is 6.99. The van der Waals surface area contributed by atoms with Crippen LogP contribution in [0.1, 0.15) is 45.6 Å². The molecule has 0 radical (unpaired) electrons. The van der Waals surface area contributed by atoms with Gasteiger partial charge in [-0.15, -0.1) is 0 Å². The molecule has 1 aromatic rings. The van der Waals surface area contributed by atoms with E-state index in [4.69, 9.17) is 14.2 Å². The Hall–Kier alpha value is -2.50. The summed E-state index contributed by atoms with van der Waals surface area (Å²) in [5, 5.41) is 0. The van der Waals surface area contributed by atoms with Crippen LogP contribution in [0.4, 0.5) is 0 Å². The first-order valence-electron chi connectivity index (χ1n) is 9.24. The summed E-state index contributed by atoms with van der Waals surface area (Å²) in [4.78, 5) is 27.2. The third-order valence-electron chi connectivity index (χ3n) is 4.72. The lowest BCUT2D eigenvalue weighted by Crippen LogP contribution is -2.38. The van der Waals surface area contributed by atoms with Crippen LogP contribution in [0, 0.1) is 5.92 Å². The monoisotopic (exact) mass is 375 g/mol. The van der Waals surface area contributed by atoms with E-state index in [0.717, 1.165) is 5.56 Å². The number of rotatable bonds is 7. The van der Waals surface area contributed by atoms with Gasteiger partial charge in [0.25, 0.3) is 0 Å². The number of allylic oxidation sites excluding steroid dienone is 1. The number of hydrogen-bond donors (Lipinski definition) is 0. The van der Waals surface area contributed by atoms with E-state index >= 15 is 0 Å². The number of benzene rings is 1. The summed E-state index contributed by atoms with van der Waals surface area (Å²) in [6, 6.07) is 5.40. The number of carbonyl (C=O) groups excluding carboxylic acids is 2. The second kappa shape index (κ2) is 8.93. The number of hydrogen-bond acceptors (Lipinski definition) is 5. The highest BCUT2D eigenvalue weighted by Gasteiger charge is 2.37. The summed E-state index contributed by atoms with van der Waals surface area (Å²) in [6.45, 7) is 8.50. The van der Waals surface area contributed by atoms with E-state index in [1.807, 2.05) is 26.8 Å². The van der Waals surface area contributed by atoms with Crippen molar-refractivity contribution in [2.24, 2.45) is 5.92 Å². The van der Waals surface area contributed by atoms with Gasteiger partial charge in [-0.3, -0.25) is 4.79 Å². The predicted octanol–water partition coefficient (Wildman–Crippen LogP) is 3.51. The van der Waals surface area contributed by atoms with E-state index < -0.39 is 5.92 Å². The molecule has 1 aromatic carbocycles. The number of esters is 1. The standard InChI is InChI=1S/C21H29NO5/c1-7-22-14(4)20(21(24)27-12-13(2)3)17(11-19(22)23)16-10-15(25-5)8-9-18(16)26-6/h8-10,13,17H,7,11-12H2,1-6H3/t17-/m1/s1. The average Bonchev–Trinajstić information content (AvgIpc) is 2.65. The Balaban J connectivity index is 2.57. The molecule has 148 valence electrons. The minimum atomic E-state index is -0.440. The largest absolute Gasteiger partial charge is 0.497 e. The summed E-state index contributed by atoms with van der Waals surface area (Å²) < 4.78 is 16.3. The summed E-state index contributed by atoms with van der Waals surface area (Å²) in [7, 11) is 3.15. The molecule has 0 saturated carbocycles. The molecule has 0 unspecified atom stereocenters. The summed E-state index contributed by atoms with van der Waals surface area (Å²) in [5.41, 5.74) is 1.89. The lowest BCUT2D eigenvalue weighted by atomic mass is 9.83. The first kappa shape index (κ1) is 20.8. The lowest BCUT2D eigenvalue weighted by Gasteiger charge is -2.34. The minimum Gasteiger partial charge on any atom is -0.497 e. The van der Waals surface area contributed by atoms with E-state index in [2.05, 4.69) is 0 Å². The van der Waals surface area contributed by atoms with Crippen LogP contribution in [0.5, 0.6) is 11.5 Å². The molecule has 2 rings (SSSR count). The van der Waals surface area contributed by atoms with E-state index in [9.17, 15) is 9.59 Å². The van der Waals surface area contributed by atoms with Crippen LogP contribution in [-0.2, 0) is 14.3 Å². The molecule has 6 heteroatoms. The second-order valence-electron chi connectivity index (χ2n) is 6.99. The molecule has 6 nitrogen and oxygen atoms in total. The van der Waals surface area contributed by atoms with E-state index in [1.165, 1.54) is 0 Å². The molecule has 1 aliphatic rings. The van der Waals surface area contributed by atoms with Crippen LogP contribution in [0.15, 0.2) is 29.5 Å². The van der Waals surface area contributed by atoms with Crippen molar-refractivity contribution >= 4 is 11.9 Å². The van der Waals surface area contributed by atoms with E-state index in [1.54, 1.807) is 38.2 Å². The number of amides is 1. The summed E-state index contributed by atoms with van der Waals surface area (Å²) >= 11 is 0. The predicted molar refractivity (Wildman–Crippen MR) is 103 cm³/mol. The smallest absolute Gasteiger partial charge is 0.336 e. The van der Waals surface area contributed by atoms with Gasteiger partial charge in [0.2, 0.25) is 5.91 Å². The van der Waals surface area contributed by atoms with Gasteiger partial charge in [-0.25, -0.2) is 4.79 Å². The van der Waals surface area contributed by atoms with Crippen molar-refractivity contribution in [3.05, 3.63) is 35.0 Å². The third kappa shape index (κ3) is 4.43. The van der Waals surface area contributed by atoms with Crippen molar-refractivity contribution in [1.82, 2.24) is 4.90 Å². The minimum absolute atomic E-state index is 0.0229. The molecule has 1 heterocycles. The molecule has 0 N–H and O–H groups in total. The Morgan fingerprint density at radius 2 is 1.96 bits per heavy atom. The summed E-state index contributed by atoms with van der Waals surface area (Å²) in [5.74, 6) is 0.633. The van der Waals surface area contributed by atoms with Gasteiger partial charge in [-0.2, -0.15) is 0 Å². The molecule has 27 heavy (non-hydrogen) atoms. The van der Waals surface area contributed by atoms with Crippen LogP contribution in [-0.4, -0.2) is 44.1 Å². The highest BCUT2D eigenvalue weighted by atomic mass is 16.5. The van der Waals surface area contributed by atoms with Crippen molar-refractivity contribution in [2.75, 3.05) is 27.4 Å². The zero-order chi connectivity index (χ0) is 20.1. The van der Waals surface area contributed by atoms with Crippen LogP contribution >= 0.6 is 0 Å². The van der Waals surface area contributed by atoms with Crippen LogP contribution in [0.3, 0.4) is 0 Å². The van der Waals surface area contributed by atoms with Crippen molar-refractivity contribution in [1.29, 1.82) is 0 Å². The fourth-order valence-electron chi connectivity index (χ4n) is 3.37. The Morgan fingerprint density at radius 1 is 1.26 bits per heavy atom. The highest BCUT2D eigenvalue weighted by Crippen LogP contribution is 2.42. The molecule has 0 aromatic heterocycles. The molecule has 1 amide bonds. The van der Waals surface area contributed by atoms with Gasteiger partial charge in [-0.05, 0) is 38.0 Å².